The minimum atomic E-state index is -0.542. The second kappa shape index (κ2) is 5.55. The van der Waals surface area contributed by atoms with Gasteiger partial charge in [0.15, 0.2) is 0 Å². The Morgan fingerprint density at radius 1 is 1.43 bits per heavy atom. The van der Waals surface area contributed by atoms with Gasteiger partial charge < -0.3 is 10.3 Å². The van der Waals surface area contributed by atoms with Gasteiger partial charge in [0, 0.05) is 0 Å². The molecule has 0 bridgehead atoms. The zero-order valence-corrected chi connectivity index (χ0v) is 9.33. The summed E-state index contributed by atoms with van der Waals surface area (Å²) in [6, 6.07) is 0. The van der Waals surface area contributed by atoms with Crippen LogP contribution in [0.15, 0.2) is 0 Å². The maximum atomic E-state index is 11.4. The van der Waals surface area contributed by atoms with Gasteiger partial charge in [0.25, 0.3) is 0 Å². The van der Waals surface area contributed by atoms with Crippen molar-refractivity contribution < 1.29 is 14.3 Å². The number of carbonyl (C=O) groups excluding carboxylic acids is 1. The largest absolute Gasteiger partial charge is 0.451 e. The SMILES string of the molecule is CCCCC(=[N+]=[N-])C(=O)OC(C)(C)C. The lowest BCUT2D eigenvalue weighted by molar-refractivity contribution is -0.151. The number of rotatable bonds is 4. The van der Waals surface area contributed by atoms with Crippen LogP contribution in [0.2, 0.25) is 0 Å². The lowest BCUT2D eigenvalue weighted by atomic mass is 10.1. The Kier molecular flexibility index (Phi) is 5.10. The van der Waals surface area contributed by atoms with Gasteiger partial charge in [-0.05, 0) is 27.2 Å². The number of ether oxygens (including phenoxy) is 1. The number of hydrogen-bond donors (Lipinski definition) is 0. The summed E-state index contributed by atoms with van der Waals surface area (Å²) in [5.41, 5.74) is 8.16. The minimum Gasteiger partial charge on any atom is -0.451 e. The Hall–Kier alpha value is -1.15. The molecule has 0 aromatic carbocycles. The molecule has 0 aromatic rings. The molecule has 0 spiro atoms. The second-order valence-electron chi connectivity index (χ2n) is 4.15. The van der Waals surface area contributed by atoms with Crippen molar-refractivity contribution in [2.75, 3.05) is 0 Å². The van der Waals surface area contributed by atoms with E-state index in [1.165, 1.54) is 0 Å². The molecule has 0 saturated carbocycles. The van der Waals surface area contributed by atoms with Crippen molar-refractivity contribution >= 4 is 11.7 Å². The van der Waals surface area contributed by atoms with Crippen LogP contribution in [0.1, 0.15) is 47.0 Å². The molecule has 4 heteroatoms. The van der Waals surface area contributed by atoms with E-state index >= 15 is 0 Å². The summed E-state index contributed by atoms with van der Waals surface area (Å²) in [5, 5.41) is 0. The fourth-order valence-corrected chi connectivity index (χ4v) is 0.874. The smallest absolute Gasteiger partial charge is 0.417 e. The third kappa shape index (κ3) is 5.49. The normalized spacial score (nSPS) is 10.6. The summed E-state index contributed by atoms with van der Waals surface area (Å²) in [6.07, 6.45) is 2.22. The molecule has 0 aliphatic heterocycles. The molecule has 0 heterocycles. The molecule has 0 radical (unpaired) electrons. The average Bonchev–Trinajstić information content (AvgIpc) is 2.02. The molecule has 0 N–H and O–H groups in total. The molecule has 0 unspecified atom stereocenters. The van der Waals surface area contributed by atoms with E-state index in [-0.39, 0.29) is 5.71 Å². The fourth-order valence-electron chi connectivity index (χ4n) is 0.874. The van der Waals surface area contributed by atoms with Crippen molar-refractivity contribution in [3.05, 3.63) is 5.53 Å². The van der Waals surface area contributed by atoms with Crippen LogP contribution >= 0.6 is 0 Å². The van der Waals surface area contributed by atoms with Crippen molar-refractivity contribution in [1.82, 2.24) is 0 Å². The molecule has 80 valence electrons. The summed E-state index contributed by atoms with van der Waals surface area (Å²) in [7, 11) is 0. The third-order valence-electron chi connectivity index (χ3n) is 1.52. The van der Waals surface area contributed by atoms with Gasteiger partial charge in [-0.2, -0.15) is 4.79 Å². The molecular formula is C10H18N2O2. The van der Waals surface area contributed by atoms with Crippen molar-refractivity contribution in [3.8, 4) is 0 Å². The molecule has 0 fully saturated rings. The zero-order chi connectivity index (χ0) is 11.2. The highest BCUT2D eigenvalue weighted by atomic mass is 16.6. The Morgan fingerprint density at radius 3 is 2.36 bits per heavy atom. The standard InChI is InChI=1S/C10H18N2O2/c1-5-6-7-8(12-11)9(13)14-10(2,3)4/h5-7H2,1-4H3. The molecule has 0 aliphatic carbocycles. The Bertz CT molecular complexity index is 247. The van der Waals surface area contributed by atoms with Gasteiger partial charge in [0.1, 0.15) is 5.60 Å². The summed E-state index contributed by atoms with van der Waals surface area (Å²) in [5.74, 6) is -0.534. The molecule has 0 rings (SSSR count). The Labute approximate surface area is 84.9 Å². The second-order valence-corrected chi connectivity index (χ2v) is 4.15. The van der Waals surface area contributed by atoms with Crippen LogP contribution in [0, 0.1) is 0 Å². The van der Waals surface area contributed by atoms with Crippen LogP contribution < -0.4 is 0 Å². The molecule has 14 heavy (non-hydrogen) atoms. The van der Waals surface area contributed by atoms with Gasteiger partial charge in [0.05, 0.1) is 6.42 Å². The first kappa shape index (κ1) is 12.8. The first-order valence-electron chi connectivity index (χ1n) is 4.85. The van der Waals surface area contributed by atoms with Crippen molar-refractivity contribution in [2.45, 2.75) is 52.6 Å². The summed E-state index contributed by atoms with van der Waals surface area (Å²) < 4.78 is 5.06. The van der Waals surface area contributed by atoms with Crippen molar-refractivity contribution in [2.24, 2.45) is 0 Å². The minimum absolute atomic E-state index is 0.0989. The topological polar surface area (TPSA) is 62.7 Å². The van der Waals surface area contributed by atoms with Gasteiger partial charge in [-0.3, -0.25) is 0 Å². The Morgan fingerprint density at radius 2 is 2.00 bits per heavy atom. The van der Waals surface area contributed by atoms with Crippen molar-refractivity contribution in [1.29, 1.82) is 0 Å². The van der Waals surface area contributed by atoms with Crippen LogP contribution in [0.3, 0.4) is 0 Å². The van der Waals surface area contributed by atoms with E-state index in [9.17, 15) is 4.79 Å². The van der Waals surface area contributed by atoms with E-state index in [1.54, 1.807) is 20.8 Å². The molecule has 0 aromatic heterocycles. The highest BCUT2D eigenvalue weighted by molar-refractivity contribution is 6.33. The van der Waals surface area contributed by atoms with Gasteiger partial charge in [-0.25, -0.2) is 4.79 Å². The lowest BCUT2D eigenvalue weighted by Gasteiger charge is -2.17. The number of carbonyl (C=O) groups is 1. The van der Waals surface area contributed by atoms with Gasteiger partial charge >= 0.3 is 11.7 Å². The van der Waals surface area contributed by atoms with E-state index in [0.29, 0.717) is 6.42 Å². The molecular weight excluding hydrogens is 180 g/mol. The highest BCUT2D eigenvalue weighted by Crippen LogP contribution is 2.08. The monoisotopic (exact) mass is 198 g/mol. The Balaban J connectivity index is 4.28. The number of esters is 1. The molecule has 0 saturated heterocycles. The van der Waals surface area contributed by atoms with Gasteiger partial charge in [0.2, 0.25) is 0 Å². The summed E-state index contributed by atoms with van der Waals surface area (Å²) in [6.45, 7) is 7.34. The van der Waals surface area contributed by atoms with Crippen LogP contribution in [0.25, 0.3) is 5.53 Å². The lowest BCUT2D eigenvalue weighted by Crippen LogP contribution is -2.29. The zero-order valence-electron chi connectivity index (χ0n) is 9.33. The first-order chi connectivity index (χ1) is 6.40. The summed E-state index contributed by atoms with van der Waals surface area (Å²) in [4.78, 5) is 14.3. The van der Waals surface area contributed by atoms with Crippen LogP contribution in [-0.2, 0) is 9.53 Å². The van der Waals surface area contributed by atoms with E-state index in [0.717, 1.165) is 12.8 Å². The number of nitrogens with zero attached hydrogens (tertiary/aromatic N) is 2. The van der Waals surface area contributed by atoms with Crippen molar-refractivity contribution in [3.63, 3.8) is 0 Å². The number of hydrogen-bond acceptors (Lipinski definition) is 2. The van der Waals surface area contributed by atoms with Gasteiger partial charge in [-0.15, -0.1) is 0 Å². The van der Waals surface area contributed by atoms with E-state index in [1.807, 2.05) is 6.92 Å². The third-order valence-corrected chi connectivity index (χ3v) is 1.52. The molecule has 4 nitrogen and oxygen atoms in total. The van der Waals surface area contributed by atoms with Crippen LogP contribution in [-0.4, -0.2) is 22.1 Å². The van der Waals surface area contributed by atoms with Gasteiger partial charge in [-0.1, -0.05) is 13.3 Å². The number of unbranched alkanes of at least 4 members (excludes halogenated alkanes) is 1. The quantitative estimate of drug-likeness (QED) is 0.301. The predicted octanol–water partition coefficient (Wildman–Crippen LogP) is 2.19. The van der Waals surface area contributed by atoms with Crippen LogP contribution in [0.4, 0.5) is 0 Å². The maximum Gasteiger partial charge on any atom is 0.417 e. The maximum absolute atomic E-state index is 11.4. The predicted molar refractivity (Wildman–Crippen MR) is 54.0 cm³/mol. The van der Waals surface area contributed by atoms with Crippen LogP contribution in [0.5, 0.6) is 0 Å². The molecule has 0 atom stereocenters. The fraction of sp³-hybridized carbons (Fsp3) is 0.800. The van der Waals surface area contributed by atoms with E-state index in [4.69, 9.17) is 10.3 Å². The molecule has 0 aliphatic rings. The first-order valence-corrected chi connectivity index (χ1v) is 4.85. The molecule has 0 amide bonds. The average molecular weight is 198 g/mol. The van der Waals surface area contributed by atoms with E-state index < -0.39 is 11.6 Å². The van der Waals surface area contributed by atoms with E-state index in [2.05, 4.69) is 4.79 Å². The highest BCUT2D eigenvalue weighted by Gasteiger charge is 2.26. The summed E-state index contributed by atoms with van der Waals surface area (Å²) >= 11 is 0.